The molecule has 0 radical (unpaired) electrons. The highest BCUT2D eigenvalue weighted by molar-refractivity contribution is 5.81. The van der Waals surface area contributed by atoms with Gasteiger partial charge in [-0.25, -0.2) is 0 Å². The van der Waals surface area contributed by atoms with Crippen LogP contribution >= 0.6 is 0 Å². The monoisotopic (exact) mass is 237 g/mol. The zero-order valence-electron chi connectivity index (χ0n) is 9.83. The molecule has 2 atom stereocenters. The molecule has 0 spiro atoms. The third kappa shape index (κ3) is 3.64. The minimum absolute atomic E-state index is 0.205. The number of carbonyl (C=O) groups is 1. The summed E-state index contributed by atoms with van der Waals surface area (Å²) in [7, 11) is 1.39. The van der Waals surface area contributed by atoms with E-state index in [4.69, 9.17) is 4.74 Å². The van der Waals surface area contributed by atoms with Crippen molar-refractivity contribution >= 4 is 5.78 Å². The molecule has 1 aromatic carbocycles. The van der Waals surface area contributed by atoms with Gasteiger partial charge in [0.15, 0.2) is 5.78 Å². The van der Waals surface area contributed by atoms with E-state index in [9.17, 15) is 14.9 Å². The Morgan fingerprint density at radius 1 is 1.41 bits per heavy atom. The van der Waals surface area contributed by atoms with Crippen molar-refractivity contribution in [2.75, 3.05) is 13.7 Å². The van der Waals surface area contributed by atoms with Crippen LogP contribution in [0.5, 0.6) is 0 Å². The molecule has 0 aromatic heterocycles. The Morgan fingerprint density at radius 2 is 2.00 bits per heavy atom. The summed E-state index contributed by atoms with van der Waals surface area (Å²) in [4.78, 5) is 21.7. The molecule has 5 heteroatoms. The summed E-state index contributed by atoms with van der Waals surface area (Å²) in [6.45, 7) is 1.06. The highest BCUT2D eigenvalue weighted by Crippen LogP contribution is 2.22. The lowest BCUT2D eigenvalue weighted by atomic mass is 9.91. The summed E-state index contributed by atoms with van der Waals surface area (Å²) in [6, 6.07) is 8.93. The van der Waals surface area contributed by atoms with Gasteiger partial charge in [-0.2, -0.15) is 0 Å². The minimum Gasteiger partial charge on any atom is -0.373 e. The molecule has 1 rings (SSSR count). The van der Waals surface area contributed by atoms with Crippen molar-refractivity contribution in [1.29, 1.82) is 0 Å². The number of rotatable bonds is 6. The molecule has 17 heavy (non-hydrogen) atoms. The molecule has 0 saturated carbocycles. The topological polar surface area (TPSA) is 69.4 Å². The number of hydrogen-bond donors (Lipinski definition) is 0. The Kier molecular flexibility index (Phi) is 4.78. The molecule has 0 N–H and O–H groups in total. The molecule has 0 saturated heterocycles. The number of methoxy groups -OCH3 is 1. The summed E-state index contributed by atoms with van der Waals surface area (Å²) in [5, 5.41) is 10.7. The second-order valence-electron chi connectivity index (χ2n) is 3.80. The Labute approximate surface area is 99.5 Å². The van der Waals surface area contributed by atoms with Crippen molar-refractivity contribution in [3.05, 3.63) is 46.0 Å². The summed E-state index contributed by atoms with van der Waals surface area (Å²) in [5.74, 6) is -0.753. The van der Waals surface area contributed by atoms with Crippen LogP contribution in [0.2, 0.25) is 0 Å². The quantitative estimate of drug-likeness (QED) is 0.557. The summed E-state index contributed by atoms with van der Waals surface area (Å²) in [6.07, 6.45) is -0.775. The van der Waals surface area contributed by atoms with Gasteiger partial charge in [-0.05, 0) is 12.5 Å². The molecular formula is C12H15NO4. The van der Waals surface area contributed by atoms with E-state index in [1.165, 1.54) is 14.0 Å². The molecule has 1 aromatic rings. The Bertz CT molecular complexity index is 391. The number of ketones is 1. The predicted octanol–water partition coefficient (Wildman–Crippen LogP) is 1.65. The molecule has 5 nitrogen and oxygen atoms in total. The largest absolute Gasteiger partial charge is 0.373 e. The first kappa shape index (κ1) is 13.3. The number of carbonyl (C=O) groups excluding carboxylic acids is 1. The summed E-state index contributed by atoms with van der Waals surface area (Å²) in [5.41, 5.74) is 0.742. The fourth-order valence-electron chi connectivity index (χ4n) is 1.85. The third-order valence-corrected chi connectivity index (χ3v) is 2.59. The second-order valence-corrected chi connectivity index (χ2v) is 3.80. The number of benzene rings is 1. The summed E-state index contributed by atoms with van der Waals surface area (Å²) < 4.78 is 5.08. The van der Waals surface area contributed by atoms with Gasteiger partial charge in [0, 0.05) is 12.0 Å². The van der Waals surface area contributed by atoms with Gasteiger partial charge in [-0.3, -0.25) is 14.9 Å². The van der Waals surface area contributed by atoms with Gasteiger partial charge in [0.2, 0.25) is 6.54 Å². The summed E-state index contributed by atoms with van der Waals surface area (Å²) >= 11 is 0. The molecule has 0 fully saturated rings. The van der Waals surface area contributed by atoms with Crippen LogP contribution in [0.4, 0.5) is 0 Å². The van der Waals surface area contributed by atoms with E-state index in [0.717, 1.165) is 5.56 Å². The number of ether oxygens (including phenoxy) is 1. The molecule has 0 aliphatic heterocycles. The lowest BCUT2D eigenvalue weighted by Crippen LogP contribution is -2.32. The molecule has 0 unspecified atom stereocenters. The zero-order chi connectivity index (χ0) is 12.8. The van der Waals surface area contributed by atoms with Crippen LogP contribution in [0.3, 0.4) is 0 Å². The fourth-order valence-corrected chi connectivity index (χ4v) is 1.85. The van der Waals surface area contributed by atoms with Gasteiger partial charge in [-0.15, -0.1) is 0 Å². The van der Waals surface area contributed by atoms with Crippen LogP contribution in [0.25, 0.3) is 0 Å². The van der Waals surface area contributed by atoms with E-state index < -0.39 is 16.9 Å². The molecule has 0 aliphatic rings. The predicted molar refractivity (Wildman–Crippen MR) is 62.5 cm³/mol. The molecule has 0 heterocycles. The van der Waals surface area contributed by atoms with Crippen molar-refractivity contribution in [1.82, 2.24) is 0 Å². The Hall–Kier alpha value is -1.75. The number of hydrogen-bond acceptors (Lipinski definition) is 4. The van der Waals surface area contributed by atoms with Crippen LogP contribution in [0, 0.1) is 10.1 Å². The van der Waals surface area contributed by atoms with Crippen LogP contribution in [0.15, 0.2) is 30.3 Å². The molecule has 0 bridgehead atoms. The van der Waals surface area contributed by atoms with Gasteiger partial charge in [0.1, 0.15) is 6.10 Å². The third-order valence-electron chi connectivity index (χ3n) is 2.59. The van der Waals surface area contributed by atoms with Crippen LogP contribution in [-0.2, 0) is 9.53 Å². The fraction of sp³-hybridized carbons (Fsp3) is 0.417. The second kappa shape index (κ2) is 6.10. The highest BCUT2D eigenvalue weighted by Gasteiger charge is 2.31. The standard InChI is InChI=1S/C12H15NO4/c1-9(14)12(17-2)11(8-13(15)16)10-6-4-3-5-7-10/h3-7,11-12H,8H2,1-2H3/t11-,12-/m1/s1. The first-order valence-electron chi connectivity index (χ1n) is 5.26. The molecule has 0 amide bonds. The van der Waals surface area contributed by atoms with Crippen LogP contribution in [-0.4, -0.2) is 30.5 Å². The van der Waals surface area contributed by atoms with E-state index in [1.54, 1.807) is 24.3 Å². The Morgan fingerprint density at radius 3 is 2.41 bits per heavy atom. The first-order chi connectivity index (χ1) is 8.06. The lowest BCUT2D eigenvalue weighted by Gasteiger charge is -2.21. The maximum Gasteiger partial charge on any atom is 0.213 e. The van der Waals surface area contributed by atoms with Gasteiger partial charge in [-0.1, -0.05) is 30.3 Å². The smallest absolute Gasteiger partial charge is 0.213 e. The van der Waals surface area contributed by atoms with Crippen LogP contribution < -0.4 is 0 Å². The SMILES string of the molecule is CO[C@H](C(C)=O)[C@H](C[N+](=O)[O-])c1ccccc1. The average molecular weight is 237 g/mol. The van der Waals surface area contributed by atoms with E-state index in [2.05, 4.69) is 0 Å². The maximum atomic E-state index is 11.4. The maximum absolute atomic E-state index is 11.4. The van der Waals surface area contributed by atoms with Gasteiger partial charge in [0.05, 0.1) is 5.92 Å². The van der Waals surface area contributed by atoms with Crippen LogP contribution in [0.1, 0.15) is 18.4 Å². The first-order valence-corrected chi connectivity index (χ1v) is 5.26. The van der Waals surface area contributed by atoms with Crippen molar-refractivity contribution < 1.29 is 14.5 Å². The van der Waals surface area contributed by atoms with E-state index in [-0.39, 0.29) is 12.3 Å². The van der Waals surface area contributed by atoms with Gasteiger partial charge < -0.3 is 4.74 Å². The van der Waals surface area contributed by atoms with Gasteiger partial charge >= 0.3 is 0 Å². The van der Waals surface area contributed by atoms with E-state index in [0.29, 0.717) is 0 Å². The van der Waals surface area contributed by atoms with E-state index in [1.807, 2.05) is 6.07 Å². The normalized spacial score (nSPS) is 14.0. The molecule has 92 valence electrons. The lowest BCUT2D eigenvalue weighted by molar-refractivity contribution is -0.485. The Balaban J connectivity index is 3.02. The molecule has 0 aliphatic carbocycles. The van der Waals surface area contributed by atoms with Crippen molar-refractivity contribution in [2.45, 2.75) is 18.9 Å². The van der Waals surface area contributed by atoms with Crippen molar-refractivity contribution in [3.8, 4) is 0 Å². The average Bonchev–Trinajstić information content (AvgIpc) is 2.29. The van der Waals surface area contributed by atoms with E-state index >= 15 is 0 Å². The molecular weight excluding hydrogens is 222 g/mol. The minimum atomic E-state index is -0.775. The highest BCUT2D eigenvalue weighted by atomic mass is 16.6. The number of nitro groups is 1. The zero-order valence-corrected chi connectivity index (χ0v) is 9.83. The number of Topliss-reactive ketones (excluding diaryl/α,β-unsaturated/α-hetero) is 1. The van der Waals surface area contributed by atoms with Gasteiger partial charge in [0.25, 0.3) is 0 Å². The number of nitrogens with zero attached hydrogens (tertiary/aromatic N) is 1. The van der Waals surface area contributed by atoms with Crippen molar-refractivity contribution in [3.63, 3.8) is 0 Å². The van der Waals surface area contributed by atoms with Crippen molar-refractivity contribution in [2.24, 2.45) is 0 Å².